The Morgan fingerprint density at radius 1 is 1.14 bits per heavy atom. The summed E-state index contributed by atoms with van der Waals surface area (Å²) in [5.41, 5.74) is 1.84. The SMILES string of the molecule is CCCn1c(=NC(=O)Cc2ccc(S(=O)(=O)CC)cc2)sc2cc(SC)ccc21. The van der Waals surface area contributed by atoms with Gasteiger partial charge in [0.15, 0.2) is 14.6 Å². The average molecular weight is 449 g/mol. The van der Waals surface area contributed by atoms with Crippen LogP contribution in [0.15, 0.2) is 57.2 Å². The van der Waals surface area contributed by atoms with Gasteiger partial charge in [0.2, 0.25) is 0 Å². The number of carbonyl (C=O) groups is 1. The lowest BCUT2D eigenvalue weighted by Gasteiger charge is -2.04. The molecule has 0 spiro atoms. The standard InChI is InChI=1S/C21H24N2O3S3/c1-4-12-23-18-11-8-16(27-3)14-19(18)28-21(23)22-20(24)13-15-6-9-17(10-7-15)29(25,26)5-2/h6-11,14H,4-5,12-13H2,1-3H3. The fourth-order valence-corrected chi connectivity index (χ4v) is 5.52. The van der Waals surface area contributed by atoms with E-state index in [1.807, 2.05) is 6.26 Å². The second-order valence-electron chi connectivity index (χ2n) is 6.60. The summed E-state index contributed by atoms with van der Waals surface area (Å²) in [5.74, 6) is -0.181. The van der Waals surface area contributed by atoms with Crippen molar-refractivity contribution in [1.82, 2.24) is 4.57 Å². The molecule has 3 aromatic rings. The van der Waals surface area contributed by atoms with Gasteiger partial charge >= 0.3 is 0 Å². The smallest absolute Gasteiger partial charge is 0.252 e. The molecule has 0 radical (unpaired) electrons. The van der Waals surface area contributed by atoms with Crippen LogP contribution in [-0.4, -0.2) is 30.9 Å². The van der Waals surface area contributed by atoms with Crippen LogP contribution in [0.1, 0.15) is 25.8 Å². The number of rotatable bonds is 7. The quantitative estimate of drug-likeness (QED) is 0.506. The summed E-state index contributed by atoms with van der Waals surface area (Å²) in [6, 6.07) is 12.8. The number of hydrogen-bond donors (Lipinski definition) is 0. The molecule has 1 aromatic heterocycles. The Balaban J connectivity index is 1.90. The first-order valence-electron chi connectivity index (χ1n) is 9.44. The number of thioether (sulfide) groups is 1. The molecule has 29 heavy (non-hydrogen) atoms. The molecule has 1 heterocycles. The molecule has 154 valence electrons. The summed E-state index contributed by atoms with van der Waals surface area (Å²) in [4.78, 5) is 19.1. The van der Waals surface area contributed by atoms with E-state index in [1.54, 1.807) is 43.0 Å². The maximum atomic E-state index is 12.6. The van der Waals surface area contributed by atoms with Crippen molar-refractivity contribution in [2.24, 2.45) is 4.99 Å². The largest absolute Gasteiger partial charge is 0.316 e. The van der Waals surface area contributed by atoms with Gasteiger partial charge in [-0.05, 0) is 48.6 Å². The fraction of sp³-hybridized carbons (Fsp3) is 0.333. The van der Waals surface area contributed by atoms with Crippen LogP contribution in [0.2, 0.25) is 0 Å². The third-order valence-corrected chi connectivity index (χ3v) is 8.09. The second-order valence-corrected chi connectivity index (χ2v) is 10.8. The van der Waals surface area contributed by atoms with E-state index < -0.39 is 9.84 Å². The van der Waals surface area contributed by atoms with Crippen LogP contribution in [0.25, 0.3) is 10.2 Å². The molecule has 3 rings (SSSR count). The van der Waals surface area contributed by atoms with Crippen LogP contribution >= 0.6 is 23.1 Å². The first-order valence-corrected chi connectivity index (χ1v) is 13.1. The molecule has 0 unspecified atom stereocenters. The molecule has 1 amide bonds. The summed E-state index contributed by atoms with van der Waals surface area (Å²) >= 11 is 3.21. The van der Waals surface area contributed by atoms with E-state index in [0.717, 1.165) is 28.7 Å². The van der Waals surface area contributed by atoms with Crippen molar-refractivity contribution in [3.8, 4) is 0 Å². The number of aryl methyl sites for hydroxylation is 1. The first-order chi connectivity index (χ1) is 13.9. The molecular formula is C21H24N2O3S3. The van der Waals surface area contributed by atoms with Gasteiger partial charge in [-0.25, -0.2) is 8.42 Å². The summed E-state index contributed by atoms with van der Waals surface area (Å²) in [5, 5.41) is 0. The Bertz CT molecular complexity index is 1190. The van der Waals surface area contributed by atoms with Crippen molar-refractivity contribution in [3.63, 3.8) is 0 Å². The molecular weight excluding hydrogens is 424 g/mol. The van der Waals surface area contributed by atoms with E-state index in [-0.39, 0.29) is 23.0 Å². The fourth-order valence-electron chi connectivity index (χ4n) is 3.01. The molecule has 2 aromatic carbocycles. The Morgan fingerprint density at radius 2 is 1.86 bits per heavy atom. The first kappa shape index (κ1) is 21.8. The second kappa shape index (κ2) is 9.28. The van der Waals surface area contributed by atoms with Crippen molar-refractivity contribution < 1.29 is 13.2 Å². The third kappa shape index (κ3) is 4.99. The molecule has 0 bridgehead atoms. The van der Waals surface area contributed by atoms with Crippen molar-refractivity contribution in [3.05, 3.63) is 52.8 Å². The van der Waals surface area contributed by atoms with E-state index >= 15 is 0 Å². The van der Waals surface area contributed by atoms with Gasteiger partial charge in [0.1, 0.15) is 0 Å². The lowest BCUT2D eigenvalue weighted by Crippen LogP contribution is -2.17. The molecule has 0 saturated carbocycles. The van der Waals surface area contributed by atoms with Crippen molar-refractivity contribution in [1.29, 1.82) is 0 Å². The molecule has 0 saturated heterocycles. The minimum atomic E-state index is -3.24. The van der Waals surface area contributed by atoms with Crippen molar-refractivity contribution in [2.45, 2.75) is 43.0 Å². The van der Waals surface area contributed by atoms with Crippen LogP contribution < -0.4 is 4.80 Å². The number of benzene rings is 2. The lowest BCUT2D eigenvalue weighted by atomic mass is 10.1. The summed E-state index contributed by atoms with van der Waals surface area (Å²) in [6.45, 7) is 4.52. The number of aromatic nitrogens is 1. The van der Waals surface area contributed by atoms with Crippen LogP contribution in [0.5, 0.6) is 0 Å². The summed E-state index contributed by atoms with van der Waals surface area (Å²) < 4.78 is 27.0. The maximum Gasteiger partial charge on any atom is 0.252 e. The zero-order chi connectivity index (χ0) is 21.0. The van der Waals surface area contributed by atoms with Gasteiger partial charge < -0.3 is 4.57 Å². The van der Waals surface area contributed by atoms with Gasteiger partial charge in [0.25, 0.3) is 5.91 Å². The Labute approximate surface area is 179 Å². The van der Waals surface area contributed by atoms with Gasteiger partial charge in [0, 0.05) is 11.4 Å². The van der Waals surface area contributed by atoms with Gasteiger partial charge in [-0.1, -0.05) is 37.3 Å². The highest BCUT2D eigenvalue weighted by atomic mass is 32.2. The number of amides is 1. The summed E-state index contributed by atoms with van der Waals surface area (Å²) in [6.07, 6.45) is 3.13. The van der Waals surface area contributed by atoms with Gasteiger partial charge in [-0.2, -0.15) is 4.99 Å². The Hall–Kier alpha value is -1.90. The number of fused-ring (bicyclic) bond motifs is 1. The number of sulfone groups is 1. The van der Waals surface area contributed by atoms with Crippen LogP contribution in [-0.2, 0) is 27.6 Å². The highest BCUT2D eigenvalue weighted by molar-refractivity contribution is 7.98. The molecule has 0 fully saturated rings. The predicted octanol–water partition coefficient (Wildman–Crippen LogP) is 4.30. The van der Waals surface area contributed by atoms with Gasteiger partial charge in [-0.3, -0.25) is 4.79 Å². The van der Waals surface area contributed by atoms with E-state index in [0.29, 0.717) is 4.80 Å². The van der Waals surface area contributed by atoms with Gasteiger partial charge in [-0.15, -0.1) is 11.8 Å². The van der Waals surface area contributed by atoms with Gasteiger partial charge in [0.05, 0.1) is 27.3 Å². The number of thiazole rings is 1. The third-order valence-electron chi connectivity index (χ3n) is 4.58. The molecule has 5 nitrogen and oxygen atoms in total. The van der Waals surface area contributed by atoms with E-state index in [4.69, 9.17) is 0 Å². The average Bonchev–Trinajstić information content (AvgIpc) is 3.04. The molecule has 0 atom stereocenters. The minimum absolute atomic E-state index is 0.0578. The van der Waals surface area contributed by atoms with Crippen molar-refractivity contribution >= 4 is 49.1 Å². The molecule has 0 N–H and O–H groups in total. The Kier molecular flexibility index (Phi) is 6.97. The highest BCUT2D eigenvalue weighted by Crippen LogP contribution is 2.24. The zero-order valence-corrected chi connectivity index (χ0v) is 19.2. The highest BCUT2D eigenvalue weighted by Gasteiger charge is 2.12. The van der Waals surface area contributed by atoms with Crippen molar-refractivity contribution in [2.75, 3.05) is 12.0 Å². The minimum Gasteiger partial charge on any atom is -0.316 e. The Morgan fingerprint density at radius 3 is 2.48 bits per heavy atom. The van der Waals surface area contributed by atoms with Crippen LogP contribution in [0.4, 0.5) is 0 Å². The topological polar surface area (TPSA) is 68.5 Å². The van der Waals surface area contributed by atoms with Crippen LogP contribution in [0, 0.1) is 0 Å². The zero-order valence-electron chi connectivity index (χ0n) is 16.7. The summed E-state index contributed by atoms with van der Waals surface area (Å²) in [7, 11) is -3.24. The molecule has 0 aliphatic carbocycles. The van der Waals surface area contributed by atoms with Crippen LogP contribution in [0.3, 0.4) is 0 Å². The number of carbonyl (C=O) groups excluding carboxylic acids is 1. The normalized spacial score (nSPS) is 12.6. The van der Waals surface area contributed by atoms with E-state index in [9.17, 15) is 13.2 Å². The van der Waals surface area contributed by atoms with E-state index in [2.05, 4.69) is 34.7 Å². The monoisotopic (exact) mass is 448 g/mol. The predicted molar refractivity (Wildman–Crippen MR) is 120 cm³/mol. The lowest BCUT2D eigenvalue weighted by molar-refractivity contribution is -0.117. The number of nitrogens with zero attached hydrogens (tertiary/aromatic N) is 2. The van der Waals surface area contributed by atoms with E-state index in [1.165, 1.54) is 16.2 Å². The number of hydrogen-bond acceptors (Lipinski definition) is 5. The molecule has 0 aliphatic rings. The maximum absolute atomic E-state index is 12.6. The molecule has 8 heteroatoms. The molecule has 0 aliphatic heterocycles.